The number of nitrogens with zero attached hydrogens (tertiary/aromatic N) is 2. The van der Waals surface area contributed by atoms with Crippen molar-refractivity contribution in [2.45, 2.75) is 69.1 Å². The van der Waals surface area contributed by atoms with Crippen LogP contribution in [0.2, 0.25) is 0 Å². The maximum atomic E-state index is 13.3. The number of thioether (sulfide) groups is 1. The smallest absolute Gasteiger partial charge is 0.326 e. The van der Waals surface area contributed by atoms with Gasteiger partial charge in [-0.15, -0.1) is 0 Å². The Balaban J connectivity index is 3.00. The van der Waals surface area contributed by atoms with Crippen molar-refractivity contribution in [1.82, 2.24) is 25.9 Å². The zero-order valence-corrected chi connectivity index (χ0v) is 23.0. The average molecular weight is 571 g/mol. The van der Waals surface area contributed by atoms with Crippen LogP contribution in [0.4, 0.5) is 0 Å². The quantitative estimate of drug-likeness (QED) is 0.0459. The summed E-state index contributed by atoms with van der Waals surface area (Å²) in [6.45, 7) is 0.615. The molecule has 0 aliphatic rings. The third-order valence-electron chi connectivity index (χ3n) is 5.71. The second-order valence-electron chi connectivity index (χ2n) is 8.92. The number of nitrogens with one attached hydrogen (secondary N) is 4. The Hall–Kier alpha value is -3.37. The molecule has 3 amide bonds. The fourth-order valence-corrected chi connectivity index (χ4v) is 4.05. The average Bonchev–Trinajstić information content (AvgIpc) is 3.40. The summed E-state index contributed by atoms with van der Waals surface area (Å²) < 4.78 is 0. The van der Waals surface area contributed by atoms with Crippen LogP contribution in [0.15, 0.2) is 17.5 Å². The van der Waals surface area contributed by atoms with Crippen LogP contribution < -0.4 is 38.9 Å². The molecule has 220 valence electrons. The van der Waals surface area contributed by atoms with Crippen LogP contribution in [0.3, 0.4) is 0 Å². The monoisotopic (exact) mass is 570 g/mol. The van der Waals surface area contributed by atoms with Crippen LogP contribution in [-0.2, 0) is 25.6 Å². The van der Waals surface area contributed by atoms with Crippen molar-refractivity contribution < 1.29 is 24.3 Å². The Bertz CT molecular complexity index is 926. The molecule has 4 unspecified atom stereocenters. The van der Waals surface area contributed by atoms with Gasteiger partial charge in [-0.1, -0.05) is 0 Å². The normalized spacial score (nSPS) is 13.9. The molecule has 0 aromatic carbocycles. The molecule has 0 saturated carbocycles. The molecule has 0 aliphatic carbocycles. The predicted octanol–water partition coefficient (Wildman–Crippen LogP) is -2.25. The van der Waals surface area contributed by atoms with Crippen molar-refractivity contribution in [1.29, 1.82) is 0 Å². The maximum Gasteiger partial charge on any atom is 0.326 e. The number of aromatic amines is 1. The molecule has 4 atom stereocenters. The highest BCUT2D eigenvalue weighted by Gasteiger charge is 2.30. The summed E-state index contributed by atoms with van der Waals surface area (Å²) in [5.74, 6) is -2.56. The van der Waals surface area contributed by atoms with E-state index in [4.69, 9.17) is 22.9 Å². The molecule has 39 heavy (non-hydrogen) atoms. The van der Waals surface area contributed by atoms with Gasteiger partial charge in [0.15, 0.2) is 5.96 Å². The van der Waals surface area contributed by atoms with E-state index in [1.54, 1.807) is 6.20 Å². The molecule has 15 nitrogen and oxygen atoms in total. The fraction of sp³-hybridized carbons (Fsp3) is 0.652. The van der Waals surface area contributed by atoms with E-state index in [9.17, 15) is 24.3 Å². The maximum absolute atomic E-state index is 13.3. The number of carbonyl (C=O) groups is 4. The van der Waals surface area contributed by atoms with Crippen LogP contribution in [-0.4, -0.2) is 94.0 Å². The minimum atomic E-state index is -1.17. The Morgan fingerprint density at radius 3 is 2.15 bits per heavy atom. The molecule has 0 saturated heterocycles. The molecule has 16 heteroatoms. The number of H-pyrrole nitrogens is 1. The number of aromatic nitrogens is 2. The number of imidazole rings is 1. The van der Waals surface area contributed by atoms with Crippen molar-refractivity contribution in [2.75, 3.05) is 25.1 Å². The molecular formula is C23H42N10O5S. The Labute approximate surface area is 232 Å². The van der Waals surface area contributed by atoms with Gasteiger partial charge in [0.05, 0.1) is 12.4 Å². The zero-order chi connectivity index (χ0) is 29.2. The van der Waals surface area contributed by atoms with E-state index in [0.29, 0.717) is 37.3 Å². The lowest BCUT2D eigenvalue weighted by molar-refractivity contribution is -0.142. The van der Waals surface area contributed by atoms with E-state index >= 15 is 0 Å². The summed E-state index contributed by atoms with van der Waals surface area (Å²) in [6.07, 6.45) is 7.11. The number of carboxylic acids is 1. The molecule has 0 aliphatic heterocycles. The van der Waals surface area contributed by atoms with Crippen LogP contribution in [0, 0.1) is 0 Å². The van der Waals surface area contributed by atoms with Gasteiger partial charge in [-0.3, -0.25) is 19.4 Å². The second kappa shape index (κ2) is 18.8. The number of guanidine groups is 1. The molecule has 1 aromatic rings. The van der Waals surface area contributed by atoms with Crippen LogP contribution >= 0.6 is 11.8 Å². The van der Waals surface area contributed by atoms with Gasteiger partial charge in [-0.05, 0) is 57.1 Å². The highest BCUT2D eigenvalue weighted by atomic mass is 32.2. The summed E-state index contributed by atoms with van der Waals surface area (Å²) in [6, 6.07) is -4.14. The van der Waals surface area contributed by atoms with Gasteiger partial charge in [0.2, 0.25) is 17.7 Å². The first-order valence-corrected chi connectivity index (χ1v) is 14.1. The van der Waals surface area contributed by atoms with Crippen molar-refractivity contribution in [2.24, 2.45) is 27.9 Å². The molecule has 1 aromatic heterocycles. The SMILES string of the molecule is CSCCC(NC(=O)C(CCCCN)NC(=O)C(CCCN=C(N)N)NC(=O)C(N)Cc1cnc[nH]1)C(=O)O. The highest BCUT2D eigenvalue weighted by Crippen LogP contribution is 2.08. The molecule has 1 rings (SSSR count). The van der Waals surface area contributed by atoms with E-state index in [-0.39, 0.29) is 38.2 Å². The first-order valence-electron chi connectivity index (χ1n) is 12.7. The highest BCUT2D eigenvalue weighted by molar-refractivity contribution is 7.98. The molecule has 0 radical (unpaired) electrons. The van der Waals surface area contributed by atoms with E-state index in [1.807, 2.05) is 6.26 Å². The largest absolute Gasteiger partial charge is 0.480 e. The predicted molar refractivity (Wildman–Crippen MR) is 150 cm³/mol. The number of hydrogen-bond donors (Lipinski definition) is 9. The van der Waals surface area contributed by atoms with Gasteiger partial charge in [0, 0.05) is 24.9 Å². The number of nitrogens with two attached hydrogens (primary N) is 4. The number of carboxylic acid groups (broad SMARTS) is 1. The van der Waals surface area contributed by atoms with Crippen molar-refractivity contribution in [3.05, 3.63) is 18.2 Å². The van der Waals surface area contributed by atoms with Crippen molar-refractivity contribution in [3.8, 4) is 0 Å². The third-order valence-corrected chi connectivity index (χ3v) is 6.36. The van der Waals surface area contributed by atoms with Gasteiger partial charge >= 0.3 is 5.97 Å². The van der Waals surface area contributed by atoms with Crippen LogP contribution in [0.1, 0.15) is 44.2 Å². The topological polar surface area (TPSA) is 270 Å². The summed E-state index contributed by atoms with van der Waals surface area (Å²) in [5, 5.41) is 17.3. The molecule has 0 fully saturated rings. The number of rotatable bonds is 20. The summed E-state index contributed by atoms with van der Waals surface area (Å²) in [7, 11) is 0. The molecule has 13 N–H and O–H groups in total. The van der Waals surface area contributed by atoms with Gasteiger partial charge in [0.25, 0.3) is 0 Å². The van der Waals surface area contributed by atoms with E-state index in [2.05, 4.69) is 30.9 Å². The lowest BCUT2D eigenvalue weighted by Crippen LogP contribution is -2.57. The van der Waals surface area contributed by atoms with Crippen LogP contribution in [0.5, 0.6) is 0 Å². The van der Waals surface area contributed by atoms with Gasteiger partial charge in [0.1, 0.15) is 18.1 Å². The lowest BCUT2D eigenvalue weighted by Gasteiger charge is -2.25. The molecule has 0 spiro atoms. The molecule has 0 bridgehead atoms. The molecular weight excluding hydrogens is 528 g/mol. The number of aliphatic imine (C=N–C) groups is 1. The van der Waals surface area contributed by atoms with Crippen molar-refractivity contribution >= 4 is 41.4 Å². The Kier molecular flexibility index (Phi) is 16.2. The second-order valence-corrected chi connectivity index (χ2v) is 9.91. The van der Waals surface area contributed by atoms with Crippen molar-refractivity contribution in [3.63, 3.8) is 0 Å². The first kappa shape index (κ1) is 33.7. The summed E-state index contributed by atoms with van der Waals surface area (Å²) >= 11 is 1.46. The minimum Gasteiger partial charge on any atom is -0.480 e. The number of carbonyl (C=O) groups excluding carboxylic acids is 3. The van der Waals surface area contributed by atoms with Gasteiger partial charge < -0.3 is 49.0 Å². The fourth-order valence-electron chi connectivity index (χ4n) is 3.58. The van der Waals surface area contributed by atoms with E-state index in [1.165, 1.54) is 18.1 Å². The van der Waals surface area contributed by atoms with E-state index < -0.39 is 47.9 Å². The number of hydrogen-bond acceptors (Lipinski definition) is 9. The lowest BCUT2D eigenvalue weighted by atomic mass is 10.0. The number of unbranched alkanes of at least 4 members (excludes halogenated alkanes) is 1. The van der Waals surface area contributed by atoms with Gasteiger partial charge in [-0.2, -0.15) is 11.8 Å². The number of amides is 3. The Morgan fingerprint density at radius 2 is 1.62 bits per heavy atom. The van der Waals surface area contributed by atoms with Crippen LogP contribution in [0.25, 0.3) is 0 Å². The van der Waals surface area contributed by atoms with Gasteiger partial charge in [-0.25, -0.2) is 9.78 Å². The molecule has 1 heterocycles. The Morgan fingerprint density at radius 1 is 1.00 bits per heavy atom. The third kappa shape index (κ3) is 13.8. The summed E-state index contributed by atoms with van der Waals surface area (Å²) in [5.41, 5.74) is 23.0. The summed E-state index contributed by atoms with van der Waals surface area (Å²) in [4.78, 5) is 61.4. The standard InChI is InChI=1S/C23H42N10O5S/c1-39-10-7-18(22(37)38)33-21(36)16(5-2-3-8-24)32-20(35)17(6-4-9-29-23(26)27)31-19(34)15(25)11-14-12-28-13-30-14/h12-13,15-18H,2-11,24-25H2,1H3,(H,28,30)(H,31,34)(H,32,35)(H,33,36)(H,37,38)(H4,26,27,29). The zero-order valence-electron chi connectivity index (χ0n) is 22.2. The van der Waals surface area contributed by atoms with E-state index in [0.717, 1.165) is 0 Å². The first-order chi connectivity index (χ1) is 18.6. The minimum absolute atomic E-state index is 0.104. The number of aliphatic carboxylic acids is 1.